The van der Waals surface area contributed by atoms with Crippen LogP contribution in [0.4, 0.5) is 0 Å². The van der Waals surface area contributed by atoms with Crippen LogP contribution in [0.1, 0.15) is 33.1 Å². The van der Waals surface area contributed by atoms with Crippen molar-refractivity contribution in [2.24, 2.45) is 17.6 Å². The molecule has 1 saturated carbocycles. The van der Waals surface area contributed by atoms with E-state index >= 15 is 0 Å². The van der Waals surface area contributed by atoms with Crippen LogP contribution in [0.25, 0.3) is 0 Å². The Hall–Kier alpha value is -0.0800. The first-order valence-corrected chi connectivity index (χ1v) is 4.48. The quantitative estimate of drug-likeness (QED) is 0.599. The topological polar surface area (TPSA) is 46.2 Å². The third-order valence-electron chi connectivity index (χ3n) is 3.10. The van der Waals surface area contributed by atoms with Gasteiger partial charge in [0.15, 0.2) is 0 Å². The summed E-state index contributed by atoms with van der Waals surface area (Å²) < 4.78 is 0. The molecule has 0 spiro atoms. The van der Waals surface area contributed by atoms with Crippen LogP contribution in [0.5, 0.6) is 0 Å². The second-order valence-corrected chi connectivity index (χ2v) is 4.18. The van der Waals surface area contributed by atoms with Crippen molar-refractivity contribution in [1.29, 1.82) is 0 Å². The monoisotopic (exact) mass is 157 g/mol. The van der Waals surface area contributed by atoms with Gasteiger partial charge in [-0.05, 0) is 24.7 Å². The molecule has 0 aromatic rings. The Morgan fingerprint density at radius 1 is 1.45 bits per heavy atom. The molecule has 2 heteroatoms. The van der Waals surface area contributed by atoms with Gasteiger partial charge in [-0.3, -0.25) is 0 Å². The summed E-state index contributed by atoms with van der Waals surface area (Å²) in [6.45, 7) is 4.49. The Balaban J connectivity index is 2.60. The molecule has 0 heterocycles. The van der Waals surface area contributed by atoms with Gasteiger partial charge in [-0.2, -0.15) is 0 Å². The molecule has 3 N–H and O–H groups in total. The van der Waals surface area contributed by atoms with Crippen LogP contribution in [-0.4, -0.2) is 17.3 Å². The summed E-state index contributed by atoms with van der Waals surface area (Å²) in [4.78, 5) is 0. The second kappa shape index (κ2) is 3.11. The van der Waals surface area contributed by atoms with E-state index in [0.717, 1.165) is 12.8 Å². The number of hydrogen-bond acceptors (Lipinski definition) is 2. The summed E-state index contributed by atoms with van der Waals surface area (Å²) in [6, 6.07) is 0. The molecule has 0 radical (unpaired) electrons. The molecule has 0 amide bonds. The zero-order valence-corrected chi connectivity index (χ0v) is 7.51. The lowest BCUT2D eigenvalue weighted by Gasteiger charge is -2.40. The fourth-order valence-corrected chi connectivity index (χ4v) is 1.99. The van der Waals surface area contributed by atoms with E-state index in [1.165, 1.54) is 6.42 Å². The van der Waals surface area contributed by atoms with E-state index in [1.807, 2.05) is 0 Å². The van der Waals surface area contributed by atoms with Crippen LogP contribution in [0.15, 0.2) is 0 Å². The summed E-state index contributed by atoms with van der Waals surface area (Å²) in [6.07, 6.45) is 3.41. The summed E-state index contributed by atoms with van der Waals surface area (Å²) >= 11 is 0. The fourth-order valence-electron chi connectivity index (χ4n) is 1.99. The van der Waals surface area contributed by atoms with Crippen molar-refractivity contribution in [2.75, 3.05) is 6.61 Å². The Labute approximate surface area is 68.8 Å². The molecule has 66 valence electrons. The van der Waals surface area contributed by atoms with E-state index in [-0.39, 0.29) is 12.1 Å². The lowest BCUT2D eigenvalue weighted by Crippen LogP contribution is -2.52. The minimum atomic E-state index is -0.294. The molecule has 1 aliphatic carbocycles. The Bertz CT molecular complexity index is 138. The summed E-state index contributed by atoms with van der Waals surface area (Å²) in [7, 11) is 0. The Morgan fingerprint density at radius 3 is 2.55 bits per heavy atom. The number of aliphatic hydroxyl groups excluding tert-OH is 1. The number of nitrogens with two attached hydrogens (primary N) is 1. The van der Waals surface area contributed by atoms with Gasteiger partial charge in [-0.25, -0.2) is 0 Å². The Morgan fingerprint density at radius 2 is 2.09 bits per heavy atom. The van der Waals surface area contributed by atoms with Crippen molar-refractivity contribution in [1.82, 2.24) is 0 Å². The molecule has 0 aromatic heterocycles. The molecular weight excluding hydrogens is 138 g/mol. The molecule has 1 aliphatic rings. The van der Waals surface area contributed by atoms with Crippen LogP contribution in [-0.2, 0) is 0 Å². The van der Waals surface area contributed by atoms with Crippen LogP contribution in [0.2, 0.25) is 0 Å². The maximum atomic E-state index is 9.11. The summed E-state index contributed by atoms with van der Waals surface area (Å²) in [5, 5.41) is 9.11. The van der Waals surface area contributed by atoms with Gasteiger partial charge in [0.25, 0.3) is 0 Å². The molecule has 3 atom stereocenters. The SMILES string of the molecule is CC1CCC(C)C(N)(CO)C1. The highest BCUT2D eigenvalue weighted by atomic mass is 16.3. The highest BCUT2D eigenvalue weighted by molar-refractivity contribution is 4.93. The minimum Gasteiger partial charge on any atom is -0.394 e. The van der Waals surface area contributed by atoms with E-state index in [2.05, 4.69) is 13.8 Å². The number of hydrogen-bond donors (Lipinski definition) is 2. The second-order valence-electron chi connectivity index (χ2n) is 4.18. The van der Waals surface area contributed by atoms with Crippen molar-refractivity contribution in [2.45, 2.75) is 38.6 Å². The first-order valence-electron chi connectivity index (χ1n) is 4.48. The van der Waals surface area contributed by atoms with Crippen molar-refractivity contribution in [3.8, 4) is 0 Å². The smallest absolute Gasteiger partial charge is 0.0613 e. The molecule has 0 aliphatic heterocycles. The van der Waals surface area contributed by atoms with Gasteiger partial charge in [0.1, 0.15) is 0 Å². The fraction of sp³-hybridized carbons (Fsp3) is 1.00. The molecule has 0 aromatic carbocycles. The average Bonchev–Trinajstić information content (AvgIpc) is 1.98. The van der Waals surface area contributed by atoms with E-state index in [1.54, 1.807) is 0 Å². The molecule has 3 unspecified atom stereocenters. The Kier molecular flexibility index (Phi) is 2.55. The predicted molar refractivity (Wildman–Crippen MR) is 46.2 cm³/mol. The highest BCUT2D eigenvalue weighted by Gasteiger charge is 2.36. The molecule has 11 heavy (non-hydrogen) atoms. The molecule has 1 rings (SSSR count). The summed E-state index contributed by atoms with van der Waals surface area (Å²) in [5.41, 5.74) is 5.75. The van der Waals surface area contributed by atoms with Crippen LogP contribution in [0.3, 0.4) is 0 Å². The third-order valence-corrected chi connectivity index (χ3v) is 3.10. The van der Waals surface area contributed by atoms with E-state index in [0.29, 0.717) is 11.8 Å². The molecule has 0 bridgehead atoms. The predicted octanol–water partition coefficient (Wildman–Crippen LogP) is 1.13. The van der Waals surface area contributed by atoms with Crippen molar-refractivity contribution >= 4 is 0 Å². The zero-order valence-electron chi connectivity index (χ0n) is 7.51. The van der Waals surface area contributed by atoms with Crippen molar-refractivity contribution in [3.05, 3.63) is 0 Å². The highest BCUT2D eigenvalue weighted by Crippen LogP contribution is 2.34. The van der Waals surface area contributed by atoms with Gasteiger partial charge < -0.3 is 10.8 Å². The van der Waals surface area contributed by atoms with E-state index in [4.69, 9.17) is 10.8 Å². The van der Waals surface area contributed by atoms with Gasteiger partial charge in [0.05, 0.1) is 6.61 Å². The maximum Gasteiger partial charge on any atom is 0.0613 e. The first-order chi connectivity index (χ1) is 5.08. The largest absolute Gasteiger partial charge is 0.394 e. The van der Waals surface area contributed by atoms with Gasteiger partial charge in [-0.1, -0.05) is 20.3 Å². The molecule has 2 nitrogen and oxygen atoms in total. The van der Waals surface area contributed by atoms with Gasteiger partial charge >= 0.3 is 0 Å². The van der Waals surface area contributed by atoms with E-state index < -0.39 is 0 Å². The summed E-state index contributed by atoms with van der Waals surface area (Å²) in [5.74, 6) is 1.16. The zero-order chi connectivity index (χ0) is 8.48. The average molecular weight is 157 g/mol. The van der Waals surface area contributed by atoms with E-state index in [9.17, 15) is 0 Å². The lowest BCUT2D eigenvalue weighted by molar-refractivity contribution is 0.0867. The van der Waals surface area contributed by atoms with Gasteiger partial charge in [-0.15, -0.1) is 0 Å². The van der Waals surface area contributed by atoms with Crippen LogP contribution < -0.4 is 5.73 Å². The lowest BCUT2D eigenvalue weighted by atomic mass is 9.71. The van der Waals surface area contributed by atoms with Crippen molar-refractivity contribution < 1.29 is 5.11 Å². The van der Waals surface area contributed by atoms with Gasteiger partial charge in [0, 0.05) is 5.54 Å². The number of aliphatic hydroxyl groups is 1. The van der Waals surface area contributed by atoms with Crippen LogP contribution >= 0.6 is 0 Å². The maximum absolute atomic E-state index is 9.11. The third kappa shape index (κ3) is 1.74. The number of rotatable bonds is 1. The first kappa shape index (κ1) is 9.01. The molecular formula is C9H19NO. The molecule has 1 fully saturated rings. The standard InChI is InChI=1S/C9H19NO/c1-7-3-4-8(2)9(10,5-7)6-11/h7-8,11H,3-6,10H2,1-2H3. The normalized spacial score (nSPS) is 45.8. The van der Waals surface area contributed by atoms with Crippen LogP contribution in [0, 0.1) is 11.8 Å². The minimum absolute atomic E-state index is 0.137. The van der Waals surface area contributed by atoms with Crippen molar-refractivity contribution in [3.63, 3.8) is 0 Å². The van der Waals surface area contributed by atoms with Gasteiger partial charge in [0.2, 0.25) is 0 Å². The molecule has 0 saturated heterocycles.